The van der Waals surface area contributed by atoms with E-state index in [1.807, 2.05) is 59.3 Å². The molecule has 4 aromatic rings. The minimum atomic E-state index is -0.376. The minimum absolute atomic E-state index is 0.132. The number of halogens is 1. The average Bonchev–Trinajstić information content (AvgIpc) is 3.14. The highest BCUT2D eigenvalue weighted by atomic mass is 35.5. The molecular weight excluding hydrogens is 336 g/mol. The van der Waals surface area contributed by atoms with Gasteiger partial charge in [-0.3, -0.25) is 9.36 Å². The molecule has 0 saturated carbocycles. The van der Waals surface area contributed by atoms with Crippen molar-refractivity contribution in [3.8, 4) is 0 Å². The lowest BCUT2D eigenvalue weighted by Crippen LogP contribution is -2.32. The zero-order chi connectivity index (χ0) is 17.4. The predicted molar refractivity (Wildman–Crippen MR) is 98.0 cm³/mol. The van der Waals surface area contributed by atoms with Crippen molar-refractivity contribution in [2.24, 2.45) is 0 Å². The lowest BCUT2D eigenvalue weighted by atomic mass is 10.1. The number of benzene rings is 2. The fourth-order valence-corrected chi connectivity index (χ4v) is 3.15. The molecule has 0 aliphatic rings. The molecule has 25 heavy (non-hydrogen) atoms. The topological polar surface area (TPSA) is 52.7 Å². The predicted octanol–water partition coefficient (Wildman–Crippen LogP) is 3.65. The van der Waals surface area contributed by atoms with E-state index in [0.29, 0.717) is 10.7 Å². The summed E-state index contributed by atoms with van der Waals surface area (Å²) >= 11 is 6.04. The molecule has 0 aliphatic carbocycles. The largest absolute Gasteiger partial charge is 0.312 e. The first kappa shape index (κ1) is 15.6. The van der Waals surface area contributed by atoms with E-state index in [-0.39, 0.29) is 11.7 Å². The van der Waals surface area contributed by atoms with Crippen molar-refractivity contribution in [1.82, 2.24) is 19.1 Å². The Bertz CT molecular complexity index is 1080. The molecule has 124 valence electrons. The van der Waals surface area contributed by atoms with E-state index in [0.717, 1.165) is 16.6 Å². The van der Waals surface area contributed by atoms with Crippen LogP contribution in [0.2, 0.25) is 5.02 Å². The van der Waals surface area contributed by atoms with Crippen LogP contribution in [0.5, 0.6) is 0 Å². The molecular formula is C19H15ClN4O. The molecule has 2 aromatic heterocycles. The van der Waals surface area contributed by atoms with Gasteiger partial charge in [-0.05, 0) is 36.8 Å². The number of para-hydroxylation sites is 2. The lowest BCUT2D eigenvalue weighted by molar-refractivity contribution is 0.500. The Morgan fingerprint density at radius 3 is 2.56 bits per heavy atom. The molecule has 4 rings (SSSR count). The second kappa shape index (κ2) is 6.18. The first-order valence-corrected chi connectivity index (χ1v) is 8.24. The molecule has 1 atom stereocenters. The van der Waals surface area contributed by atoms with Gasteiger partial charge in [-0.1, -0.05) is 35.9 Å². The van der Waals surface area contributed by atoms with Crippen LogP contribution < -0.4 is 5.56 Å². The molecule has 0 saturated heterocycles. The van der Waals surface area contributed by atoms with Gasteiger partial charge in [0.2, 0.25) is 0 Å². The number of aromatic nitrogens is 4. The summed E-state index contributed by atoms with van der Waals surface area (Å²) in [5.41, 5.74) is 2.80. The Kier molecular flexibility index (Phi) is 3.86. The number of hydrogen-bond donors (Lipinski definition) is 0. The summed E-state index contributed by atoms with van der Waals surface area (Å²) < 4.78 is 3.65. The molecule has 6 heteroatoms. The summed E-state index contributed by atoms with van der Waals surface area (Å²) in [6.45, 7) is 1.73. The quantitative estimate of drug-likeness (QED) is 0.566. The highest BCUT2D eigenvalue weighted by molar-refractivity contribution is 6.30. The van der Waals surface area contributed by atoms with Crippen LogP contribution in [0.25, 0.3) is 11.0 Å². The van der Waals surface area contributed by atoms with E-state index in [4.69, 9.17) is 11.6 Å². The van der Waals surface area contributed by atoms with Crippen LogP contribution in [0.4, 0.5) is 0 Å². The van der Waals surface area contributed by atoms with Crippen molar-refractivity contribution in [2.75, 3.05) is 0 Å². The Hall–Kier alpha value is -2.92. The van der Waals surface area contributed by atoms with Crippen molar-refractivity contribution in [2.45, 2.75) is 13.1 Å². The van der Waals surface area contributed by atoms with Gasteiger partial charge in [0, 0.05) is 17.4 Å². The Morgan fingerprint density at radius 2 is 1.84 bits per heavy atom. The van der Waals surface area contributed by atoms with Crippen LogP contribution in [0.1, 0.15) is 17.4 Å². The van der Waals surface area contributed by atoms with Crippen molar-refractivity contribution in [1.29, 1.82) is 0 Å². The third-order valence-corrected chi connectivity index (χ3v) is 4.43. The fourth-order valence-electron chi connectivity index (χ4n) is 3.02. The first-order valence-electron chi connectivity index (χ1n) is 7.86. The second-order valence-corrected chi connectivity index (χ2v) is 6.23. The number of imidazole rings is 1. The van der Waals surface area contributed by atoms with Gasteiger partial charge in [-0.25, -0.2) is 9.97 Å². The van der Waals surface area contributed by atoms with Gasteiger partial charge >= 0.3 is 0 Å². The normalized spacial score (nSPS) is 12.4. The van der Waals surface area contributed by atoms with Gasteiger partial charge in [0.15, 0.2) is 0 Å². The Balaban J connectivity index is 2.07. The molecule has 2 aromatic carbocycles. The number of hydrogen-bond acceptors (Lipinski definition) is 3. The summed E-state index contributed by atoms with van der Waals surface area (Å²) in [5.74, 6) is 0. The van der Waals surface area contributed by atoms with E-state index >= 15 is 0 Å². The molecule has 5 nitrogen and oxygen atoms in total. The molecule has 0 spiro atoms. The summed E-state index contributed by atoms with van der Waals surface area (Å²) in [6.07, 6.45) is 4.87. The van der Waals surface area contributed by atoms with E-state index in [1.54, 1.807) is 24.0 Å². The molecule has 0 radical (unpaired) electrons. The van der Waals surface area contributed by atoms with Crippen molar-refractivity contribution < 1.29 is 0 Å². The van der Waals surface area contributed by atoms with Crippen LogP contribution in [-0.4, -0.2) is 19.1 Å². The maximum Gasteiger partial charge on any atom is 0.274 e. The van der Waals surface area contributed by atoms with Crippen LogP contribution in [0.15, 0.2) is 72.0 Å². The molecule has 1 unspecified atom stereocenters. The summed E-state index contributed by atoms with van der Waals surface area (Å²) in [7, 11) is 0. The lowest BCUT2D eigenvalue weighted by Gasteiger charge is -2.24. The van der Waals surface area contributed by atoms with E-state index < -0.39 is 0 Å². The van der Waals surface area contributed by atoms with Crippen LogP contribution >= 0.6 is 11.6 Å². The number of fused-ring (bicyclic) bond motifs is 1. The molecule has 0 fully saturated rings. The smallest absolute Gasteiger partial charge is 0.274 e. The third-order valence-electron chi connectivity index (χ3n) is 4.18. The van der Waals surface area contributed by atoms with E-state index in [9.17, 15) is 4.79 Å². The van der Waals surface area contributed by atoms with E-state index in [2.05, 4.69) is 9.97 Å². The zero-order valence-electron chi connectivity index (χ0n) is 13.5. The molecule has 0 N–H and O–H groups in total. The molecule has 0 amide bonds. The summed E-state index contributed by atoms with van der Waals surface area (Å²) in [4.78, 5) is 21.6. The van der Waals surface area contributed by atoms with Crippen molar-refractivity contribution in [3.05, 3.63) is 93.9 Å². The van der Waals surface area contributed by atoms with Crippen LogP contribution in [0, 0.1) is 6.92 Å². The Labute approximate surface area is 149 Å². The zero-order valence-corrected chi connectivity index (χ0v) is 14.3. The van der Waals surface area contributed by atoms with Gasteiger partial charge in [0.1, 0.15) is 11.9 Å². The van der Waals surface area contributed by atoms with E-state index in [1.165, 1.54) is 0 Å². The SMILES string of the molecule is Cc1nc2ccccc2n(C(c2ccc(Cl)cc2)n2ccnc2)c1=O. The van der Waals surface area contributed by atoms with Crippen LogP contribution in [0.3, 0.4) is 0 Å². The fraction of sp³-hybridized carbons (Fsp3) is 0.105. The highest BCUT2D eigenvalue weighted by Crippen LogP contribution is 2.24. The monoisotopic (exact) mass is 350 g/mol. The molecule has 2 heterocycles. The average molecular weight is 351 g/mol. The van der Waals surface area contributed by atoms with Crippen molar-refractivity contribution >= 4 is 22.6 Å². The van der Waals surface area contributed by atoms with Gasteiger partial charge in [-0.2, -0.15) is 0 Å². The minimum Gasteiger partial charge on any atom is -0.312 e. The van der Waals surface area contributed by atoms with Gasteiger partial charge in [-0.15, -0.1) is 0 Å². The molecule has 0 bridgehead atoms. The standard InChI is InChI=1S/C19H15ClN4O/c1-13-19(25)24(17-5-3-2-4-16(17)22-13)18(23-11-10-21-12-23)14-6-8-15(20)9-7-14/h2-12,18H,1H3. The number of nitrogens with zero attached hydrogens (tertiary/aromatic N) is 4. The maximum atomic E-state index is 13.0. The van der Waals surface area contributed by atoms with Gasteiger partial charge < -0.3 is 4.57 Å². The van der Waals surface area contributed by atoms with Gasteiger partial charge in [0.25, 0.3) is 5.56 Å². The Morgan fingerprint density at radius 1 is 1.08 bits per heavy atom. The molecule has 0 aliphatic heterocycles. The highest BCUT2D eigenvalue weighted by Gasteiger charge is 2.20. The van der Waals surface area contributed by atoms with Gasteiger partial charge in [0.05, 0.1) is 17.4 Å². The second-order valence-electron chi connectivity index (χ2n) is 5.80. The number of rotatable bonds is 3. The summed E-state index contributed by atoms with van der Waals surface area (Å²) in [5, 5.41) is 0.649. The summed E-state index contributed by atoms with van der Waals surface area (Å²) in [6, 6.07) is 15.1. The maximum absolute atomic E-state index is 13.0. The van der Waals surface area contributed by atoms with Crippen molar-refractivity contribution in [3.63, 3.8) is 0 Å². The first-order chi connectivity index (χ1) is 12.1. The number of aryl methyl sites for hydroxylation is 1. The van der Waals surface area contributed by atoms with Crippen LogP contribution in [-0.2, 0) is 0 Å². The third kappa shape index (κ3) is 2.72.